The number of carbonyl (C=O) groups is 1. The van der Waals surface area contributed by atoms with Crippen LogP contribution in [0.5, 0.6) is 0 Å². The molecule has 0 aliphatic rings. The molecule has 0 unspecified atom stereocenters. The zero-order chi connectivity index (χ0) is 20.8. The Kier molecular flexibility index (Phi) is 4.30. The average Bonchev–Trinajstić information content (AvgIpc) is 3.11. The Morgan fingerprint density at radius 3 is 2.52 bits per heavy atom. The van der Waals surface area contributed by atoms with Crippen LogP contribution in [0.25, 0.3) is 28.2 Å². The number of benzene rings is 1. The van der Waals surface area contributed by atoms with Crippen LogP contribution in [0, 0.1) is 6.92 Å². The zero-order valence-electron chi connectivity index (χ0n) is 15.1. The number of hydrogen-bond donors (Lipinski definition) is 1. The Labute approximate surface area is 162 Å². The van der Waals surface area contributed by atoms with Gasteiger partial charge >= 0.3 is 6.18 Å². The van der Waals surface area contributed by atoms with Crippen LogP contribution < -0.4 is 5.73 Å². The first-order valence-corrected chi connectivity index (χ1v) is 8.54. The molecule has 0 aliphatic carbocycles. The smallest absolute Gasteiger partial charge is 0.364 e. The molecule has 0 spiro atoms. The minimum absolute atomic E-state index is 0.0230. The molecule has 1 amide bonds. The summed E-state index contributed by atoms with van der Waals surface area (Å²) in [7, 11) is 0. The van der Waals surface area contributed by atoms with E-state index in [0.29, 0.717) is 22.5 Å². The summed E-state index contributed by atoms with van der Waals surface area (Å²) in [6.07, 6.45) is -1.61. The van der Waals surface area contributed by atoms with Gasteiger partial charge in [0.05, 0.1) is 23.1 Å². The first kappa shape index (κ1) is 18.6. The Hall–Kier alpha value is -3.75. The standard InChI is InChI=1S/C20H14F3N5O/c1-11-9-15(12-5-2-3-7-14(12)20(21,22)23)27-28-16(10-26-19(11)28)13-6-4-8-25-17(13)18(24)29/h2-10H,1H3,(H2,24,29). The summed E-state index contributed by atoms with van der Waals surface area (Å²) in [5, 5.41) is 4.39. The monoisotopic (exact) mass is 397 g/mol. The zero-order valence-corrected chi connectivity index (χ0v) is 15.1. The number of aryl methyl sites for hydroxylation is 1. The number of fused-ring (bicyclic) bond motifs is 1. The van der Waals surface area contributed by atoms with Gasteiger partial charge in [-0.25, -0.2) is 9.50 Å². The van der Waals surface area contributed by atoms with Crippen molar-refractivity contribution in [2.75, 3.05) is 0 Å². The largest absolute Gasteiger partial charge is 0.417 e. The third kappa shape index (κ3) is 3.20. The quantitative estimate of drug-likeness (QED) is 0.568. The van der Waals surface area contributed by atoms with Crippen molar-refractivity contribution < 1.29 is 18.0 Å². The van der Waals surface area contributed by atoms with E-state index in [-0.39, 0.29) is 17.0 Å². The summed E-state index contributed by atoms with van der Waals surface area (Å²) in [6, 6.07) is 10.0. The number of hydrogen-bond acceptors (Lipinski definition) is 4. The van der Waals surface area contributed by atoms with Gasteiger partial charge in [-0.05, 0) is 36.8 Å². The molecule has 6 nitrogen and oxygen atoms in total. The topological polar surface area (TPSA) is 86.2 Å². The minimum atomic E-state index is -4.53. The highest BCUT2D eigenvalue weighted by atomic mass is 19.4. The van der Waals surface area contributed by atoms with E-state index in [0.717, 1.165) is 6.07 Å². The van der Waals surface area contributed by atoms with Crippen LogP contribution in [-0.2, 0) is 6.18 Å². The molecular formula is C20H14F3N5O. The molecule has 9 heteroatoms. The number of carbonyl (C=O) groups excluding carboxylic acids is 1. The fraction of sp³-hybridized carbons (Fsp3) is 0.100. The van der Waals surface area contributed by atoms with Crippen LogP contribution in [0.3, 0.4) is 0 Å². The molecular weight excluding hydrogens is 383 g/mol. The predicted molar refractivity (Wildman–Crippen MR) is 99.9 cm³/mol. The van der Waals surface area contributed by atoms with Crippen LogP contribution in [0.1, 0.15) is 21.6 Å². The maximum atomic E-state index is 13.5. The van der Waals surface area contributed by atoms with Gasteiger partial charge in [0.2, 0.25) is 0 Å². The van der Waals surface area contributed by atoms with Crippen LogP contribution in [0.2, 0.25) is 0 Å². The van der Waals surface area contributed by atoms with Gasteiger partial charge in [-0.15, -0.1) is 0 Å². The Bertz CT molecular complexity index is 1250. The average molecular weight is 397 g/mol. The highest BCUT2D eigenvalue weighted by Crippen LogP contribution is 2.37. The molecule has 146 valence electrons. The lowest BCUT2D eigenvalue weighted by Gasteiger charge is -2.13. The normalized spacial score (nSPS) is 11.7. The van der Waals surface area contributed by atoms with Crippen LogP contribution in [-0.4, -0.2) is 25.5 Å². The summed E-state index contributed by atoms with van der Waals surface area (Å²) >= 11 is 0. The van der Waals surface area contributed by atoms with E-state index >= 15 is 0 Å². The van der Waals surface area contributed by atoms with Gasteiger partial charge in [0.1, 0.15) is 5.69 Å². The van der Waals surface area contributed by atoms with E-state index < -0.39 is 17.6 Å². The van der Waals surface area contributed by atoms with Gasteiger partial charge in [-0.3, -0.25) is 9.78 Å². The van der Waals surface area contributed by atoms with Gasteiger partial charge in [0.15, 0.2) is 5.65 Å². The number of rotatable bonds is 3. The second-order valence-corrected chi connectivity index (χ2v) is 6.40. The summed E-state index contributed by atoms with van der Waals surface area (Å²) in [6.45, 7) is 1.73. The molecule has 0 saturated heterocycles. The lowest BCUT2D eigenvalue weighted by Crippen LogP contribution is -2.15. The molecule has 0 fully saturated rings. The van der Waals surface area contributed by atoms with Crippen molar-refractivity contribution in [1.29, 1.82) is 0 Å². The second-order valence-electron chi connectivity index (χ2n) is 6.40. The predicted octanol–water partition coefficient (Wildman–Crippen LogP) is 3.88. The number of nitrogens with two attached hydrogens (primary N) is 1. The second kappa shape index (κ2) is 6.69. The van der Waals surface area contributed by atoms with Gasteiger partial charge < -0.3 is 5.73 Å². The van der Waals surface area contributed by atoms with Crippen LogP contribution in [0.15, 0.2) is 54.9 Å². The molecule has 0 aliphatic heterocycles. The lowest BCUT2D eigenvalue weighted by molar-refractivity contribution is -0.137. The Balaban J connectivity index is 1.99. The van der Waals surface area contributed by atoms with Crippen molar-refractivity contribution in [3.63, 3.8) is 0 Å². The van der Waals surface area contributed by atoms with Crippen LogP contribution in [0.4, 0.5) is 13.2 Å². The minimum Gasteiger partial charge on any atom is -0.364 e. The summed E-state index contributed by atoms with van der Waals surface area (Å²) in [5.74, 6) is -0.731. The maximum Gasteiger partial charge on any atom is 0.417 e. The van der Waals surface area contributed by atoms with E-state index in [1.165, 1.54) is 35.1 Å². The SMILES string of the molecule is Cc1cc(-c2ccccc2C(F)(F)F)nn2c(-c3cccnc3C(N)=O)cnc12. The maximum absolute atomic E-state index is 13.5. The molecule has 4 rings (SSSR count). The highest BCUT2D eigenvalue weighted by Gasteiger charge is 2.34. The van der Waals surface area contributed by atoms with Crippen molar-refractivity contribution >= 4 is 11.6 Å². The molecule has 3 aromatic heterocycles. The van der Waals surface area contributed by atoms with Crippen molar-refractivity contribution in [2.45, 2.75) is 13.1 Å². The number of nitrogens with zero attached hydrogens (tertiary/aromatic N) is 4. The first-order valence-electron chi connectivity index (χ1n) is 8.54. The van der Waals surface area contributed by atoms with E-state index in [9.17, 15) is 18.0 Å². The molecule has 3 heterocycles. The summed E-state index contributed by atoms with van der Waals surface area (Å²) in [4.78, 5) is 20.0. The van der Waals surface area contributed by atoms with E-state index in [4.69, 9.17) is 5.73 Å². The third-order valence-electron chi connectivity index (χ3n) is 4.48. The molecule has 29 heavy (non-hydrogen) atoms. The Morgan fingerprint density at radius 2 is 1.79 bits per heavy atom. The van der Waals surface area contributed by atoms with Crippen LogP contribution >= 0.6 is 0 Å². The number of alkyl halides is 3. The molecule has 4 aromatic rings. The number of pyridine rings is 1. The molecule has 1 aromatic carbocycles. The number of primary amides is 1. The van der Waals surface area contributed by atoms with Crippen molar-refractivity contribution in [2.24, 2.45) is 5.73 Å². The van der Waals surface area contributed by atoms with Gasteiger partial charge in [0, 0.05) is 17.3 Å². The van der Waals surface area contributed by atoms with E-state index in [1.54, 1.807) is 25.1 Å². The summed E-state index contributed by atoms with van der Waals surface area (Å²) < 4.78 is 41.8. The number of imidazole rings is 1. The van der Waals surface area contributed by atoms with Gasteiger partial charge in [0.25, 0.3) is 5.91 Å². The fourth-order valence-electron chi connectivity index (χ4n) is 3.20. The molecule has 0 saturated carbocycles. The fourth-order valence-corrected chi connectivity index (χ4v) is 3.20. The molecule has 2 N–H and O–H groups in total. The van der Waals surface area contributed by atoms with E-state index in [1.807, 2.05) is 0 Å². The molecule has 0 bridgehead atoms. The van der Waals surface area contributed by atoms with E-state index in [2.05, 4.69) is 15.1 Å². The van der Waals surface area contributed by atoms with Gasteiger partial charge in [-0.1, -0.05) is 18.2 Å². The van der Waals surface area contributed by atoms with Gasteiger partial charge in [-0.2, -0.15) is 18.3 Å². The van der Waals surface area contributed by atoms with Crippen molar-refractivity contribution in [3.8, 4) is 22.5 Å². The third-order valence-corrected chi connectivity index (χ3v) is 4.48. The Morgan fingerprint density at radius 1 is 1.07 bits per heavy atom. The molecule has 0 radical (unpaired) electrons. The van der Waals surface area contributed by atoms with Crippen molar-refractivity contribution in [1.82, 2.24) is 19.6 Å². The first-order chi connectivity index (χ1) is 13.8. The lowest BCUT2D eigenvalue weighted by atomic mass is 10.0. The number of amides is 1. The molecule has 0 atom stereocenters. The van der Waals surface area contributed by atoms with Crippen molar-refractivity contribution in [3.05, 3.63) is 71.7 Å². The highest BCUT2D eigenvalue weighted by molar-refractivity contribution is 5.97. The summed E-state index contributed by atoms with van der Waals surface area (Å²) in [5.41, 5.74) is 6.59. The number of halogens is 3. The number of aromatic nitrogens is 4.